The fourth-order valence-electron chi connectivity index (χ4n) is 3.52. The molecule has 1 atom stereocenters. The van der Waals surface area contributed by atoms with E-state index in [9.17, 15) is 0 Å². The van der Waals surface area contributed by atoms with Crippen LogP contribution in [0.3, 0.4) is 0 Å². The molecule has 1 heteroatoms. The van der Waals surface area contributed by atoms with E-state index in [-0.39, 0.29) is 0 Å². The molecule has 0 saturated carbocycles. The number of rotatable bonds is 6. The summed E-state index contributed by atoms with van der Waals surface area (Å²) in [5.41, 5.74) is 6.97. The summed E-state index contributed by atoms with van der Waals surface area (Å²) < 4.78 is 0. The van der Waals surface area contributed by atoms with Crippen molar-refractivity contribution in [3.05, 3.63) is 89.2 Å². The molecule has 124 valence electrons. The van der Waals surface area contributed by atoms with Gasteiger partial charge in [0.1, 0.15) is 0 Å². The van der Waals surface area contributed by atoms with Gasteiger partial charge in [-0.25, -0.2) is 0 Å². The zero-order valence-corrected chi connectivity index (χ0v) is 14.8. The molecule has 0 fully saturated rings. The highest BCUT2D eigenvalue weighted by atomic mass is 14.9. The Kier molecular flexibility index (Phi) is 5.53. The number of hydrogen-bond donors (Lipinski definition) is 1. The monoisotopic (exact) mass is 317 g/mol. The van der Waals surface area contributed by atoms with E-state index in [0.717, 1.165) is 25.8 Å². The van der Waals surface area contributed by atoms with Gasteiger partial charge >= 0.3 is 0 Å². The van der Waals surface area contributed by atoms with Gasteiger partial charge in [0, 0.05) is 18.2 Å². The van der Waals surface area contributed by atoms with E-state index in [2.05, 4.69) is 86.0 Å². The Bertz CT molecular complexity index is 728. The summed E-state index contributed by atoms with van der Waals surface area (Å²) in [6.45, 7) is 5.31. The average molecular weight is 317 g/mol. The van der Waals surface area contributed by atoms with E-state index in [4.69, 9.17) is 0 Å². The first-order valence-electron chi connectivity index (χ1n) is 9.08. The number of nitrogens with one attached hydrogen (secondary N) is 1. The summed E-state index contributed by atoms with van der Waals surface area (Å²) in [6, 6.07) is 8.86. The fraction of sp³-hybridized carbons (Fsp3) is 0.304. The minimum atomic E-state index is 0.468. The molecule has 24 heavy (non-hydrogen) atoms. The molecular weight excluding hydrogens is 290 g/mol. The van der Waals surface area contributed by atoms with E-state index in [0.29, 0.717) is 5.92 Å². The molecule has 1 aromatic rings. The van der Waals surface area contributed by atoms with Crippen molar-refractivity contribution in [1.29, 1.82) is 0 Å². The predicted molar refractivity (Wildman–Crippen MR) is 105 cm³/mol. The quantitative estimate of drug-likeness (QED) is 0.644. The first-order valence-corrected chi connectivity index (χ1v) is 9.08. The third-order valence-corrected chi connectivity index (χ3v) is 4.73. The Morgan fingerprint density at radius 1 is 1.21 bits per heavy atom. The molecule has 0 spiro atoms. The van der Waals surface area contributed by atoms with Gasteiger partial charge in [0.05, 0.1) is 0 Å². The number of fused-ring (bicyclic) bond motifs is 2. The van der Waals surface area contributed by atoms with Crippen LogP contribution < -0.4 is 5.32 Å². The van der Waals surface area contributed by atoms with Gasteiger partial charge < -0.3 is 5.32 Å². The highest BCUT2D eigenvalue weighted by molar-refractivity contribution is 5.86. The van der Waals surface area contributed by atoms with Crippen LogP contribution >= 0.6 is 0 Å². The first kappa shape index (κ1) is 16.6. The highest BCUT2D eigenvalue weighted by Crippen LogP contribution is 2.45. The van der Waals surface area contributed by atoms with Gasteiger partial charge in [-0.2, -0.15) is 0 Å². The number of hydrogen-bond acceptors (Lipinski definition) is 1. The van der Waals surface area contributed by atoms with E-state index < -0.39 is 0 Å². The predicted octanol–water partition coefficient (Wildman–Crippen LogP) is 5.90. The Balaban J connectivity index is 1.82. The van der Waals surface area contributed by atoms with Crippen LogP contribution in [0.4, 0.5) is 0 Å². The van der Waals surface area contributed by atoms with Gasteiger partial charge in [-0.3, -0.25) is 0 Å². The molecule has 0 bridgehead atoms. The second-order valence-corrected chi connectivity index (χ2v) is 6.36. The van der Waals surface area contributed by atoms with Crippen LogP contribution in [-0.4, -0.2) is 6.54 Å². The molecule has 2 aliphatic rings. The molecule has 1 unspecified atom stereocenters. The molecule has 2 aliphatic carbocycles. The summed E-state index contributed by atoms with van der Waals surface area (Å²) in [5.74, 6) is 0.468. The van der Waals surface area contributed by atoms with Crippen molar-refractivity contribution >= 4 is 5.57 Å². The van der Waals surface area contributed by atoms with Gasteiger partial charge in [0.15, 0.2) is 0 Å². The zero-order valence-electron chi connectivity index (χ0n) is 14.8. The lowest BCUT2D eigenvalue weighted by atomic mass is 9.92. The maximum Gasteiger partial charge on any atom is 0.0293 e. The SMILES string of the molecule is C/C=C(/C=C\CC1C2=C(C=CCC=C2)c2ccccc21)NCCC. The minimum absolute atomic E-state index is 0.468. The normalized spacial score (nSPS) is 19.6. The molecule has 0 heterocycles. The van der Waals surface area contributed by atoms with Crippen molar-refractivity contribution in [3.63, 3.8) is 0 Å². The summed E-state index contributed by atoms with van der Waals surface area (Å²) in [5, 5.41) is 3.47. The standard InChI is InChI=1S/C23H27N/c1-3-17-24-18(4-2)11-10-16-23-20-13-7-5-6-12-19(20)21-14-8-9-15-22(21)23/h4,6-15,23-24H,3,5,16-17H2,1-2H3/b11-10-,18-4-. The largest absolute Gasteiger partial charge is 0.385 e. The van der Waals surface area contributed by atoms with Crippen molar-refractivity contribution in [2.45, 2.75) is 39.0 Å². The molecule has 0 radical (unpaired) electrons. The third kappa shape index (κ3) is 3.46. The van der Waals surface area contributed by atoms with E-state index in [1.54, 1.807) is 0 Å². The Morgan fingerprint density at radius 2 is 2.04 bits per heavy atom. The van der Waals surface area contributed by atoms with E-state index in [1.807, 2.05) is 0 Å². The Labute approximate surface area is 146 Å². The van der Waals surface area contributed by atoms with Crippen molar-refractivity contribution < 1.29 is 0 Å². The first-order chi connectivity index (χ1) is 11.8. The smallest absolute Gasteiger partial charge is 0.0293 e. The van der Waals surface area contributed by atoms with Crippen molar-refractivity contribution in [2.75, 3.05) is 6.54 Å². The van der Waals surface area contributed by atoms with Gasteiger partial charge in [-0.15, -0.1) is 0 Å². The van der Waals surface area contributed by atoms with Crippen LogP contribution in [0.1, 0.15) is 50.2 Å². The molecule has 0 aromatic heterocycles. The lowest BCUT2D eigenvalue weighted by Gasteiger charge is -2.13. The maximum atomic E-state index is 3.47. The number of benzene rings is 1. The highest BCUT2D eigenvalue weighted by Gasteiger charge is 2.27. The number of allylic oxidation sites excluding steroid dienone is 9. The van der Waals surface area contributed by atoms with Crippen LogP contribution in [0.15, 0.2) is 78.1 Å². The van der Waals surface area contributed by atoms with E-state index >= 15 is 0 Å². The van der Waals surface area contributed by atoms with Gasteiger partial charge in [-0.05, 0) is 54.5 Å². The average Bonchev–Trinajstić information content (AvgIpc) is 2.77. The summed E-state index contributed by atoms with van der Waals surface area (Å²) >= 11 is 0. The third-order valence-electron chi connectivity index (χ3n) is 4.73. The van der Waals surface area contributed by atoms with Crippen LogP contribution in [0.5, 0.6) is 0 Å². The molecule has 3 rings (SSSR count). The summed E-state index contributed by atoms with van der Waals surface area (Å²) in [6.07, 6.45) is 19.1. The van der Waals surface area contributed by atoms with Crippen LogP contribution in [0, 0.1) is 0 Å². The molecular formula is C23H27N. The molecule has 0 saturated heterocycles. The second kappa shape index (κ2) is 8.01. The molecule has 1 N–H and O–H groups in total. The van der Waals surface area contributed by atoms with E-state index in [1.165, 1.54) is 28.0 Å². The maximum absolute atomic E-state index is 3.47. The van der Waals surface area contributed by atoms with Gasteiger partial charge in [0.2, 0.25) is 0 Å². The zero-order chi connectivity index (χ0) is 16.8. The minimum Gasteiger partial charge on any atom is -0.385 e. The van der Waals surface area contributed by atoms with Crippen LogP contribution in [-0.2, 0) is 0 Å². The topological polar surface area (TPSA) is 12.0 Å². The van der Waals surface area contributed by atoms with Crippen molar-refractivity contribution in [2.24, 2.45) is 0 Å². The van der Waals surface area contributed by atoms with Crippen molar-refractivity contribution in [3.8, 4) is 0 Å². The van der Waals surface area contributed by atoms with Gasteiger partial charge in [-0.1, -0.05) is 67.6 Å². The molecule has 1 nitrogen and oxygen atoms in total. The summed E-state index contributed by atoms with van der Waals surface area (Å²) in [4.78, 5) is 0. The molecule has 1 aromatic carbocycles. The summed E-state index contributed by atoms with van der Waals surface area (Å²) in [7, 11) is 0. The Morgan fingerprint density at radius 3 is 2.88 bits per heavy atom. The molecule has 0 aliphatic heterocycles. The van der Waals surface area contributed by atoms with Crippen molar-refractivity contribution in [1.82, 2.24) is 5.32 Å². The fourth-order valence-corrected chi connectivity index (χ4v) is 3.52. The Hall–Kier alpha value is -2.28. The molecule has 0 amide bonds. The van der Waals surface area contributed by atoms with Gasteiger partial charge in [0.25, 0.3) is 0 Å². The van der Waals surface area contributed by atoms with Crippen LogP contribution in [0.2, 0.25) is 0 Å². The van der Waals surface area contributed by atoms with Crippen LogP contribution in [0.25, 0.3) is 5.57 Å². The lowest BCUT2D eigenvalue weighted by molar-refractivity contribution is 0.780. The second-order valence-electron chi connectivity index (χ2n) is 6.36. The lowest BCUT2D eigenvalue weighted by Crippen LogP contribution is -2.12.